The molecule has 0 fully saturated rings. The normalized spacial score (nSPS) is 15.4. The van der Waals surface area contributed by atoms with Crippen molar-refractivity contribution in [2.24, 2.45) is 5.92 Å². The van der Waals surface area contributed by atoms with Crippen molar-refractivity contribution in [3.8, 4) is 0 Å². The summed E-state index contributed by atoms with van der Waals surface area (Å²) in [5.74, 6) is 2.28. The first-order valence-corrected chi connectivity index (χ1v) is 6.12. The van der Waals surface area contributed by atoms with E-state index in [9.17, 15) is 0 Å². The van der Waals surface area contributed by atoms with Gasteiger partial charge in [-0.1, -0.05) is 27.7 Å². The molecule has 0 saturated heterocycles. The molecule has 4 heteroatoms. The number of aromatic nitrogens is 2. The molecule has 0 aromatic carbocycles. The Bertz CT molecular complexity index is 309. The second kappa shape index (κ2) is 5.99. The summed E-state index contributed by atoms with van der Waals surface area (Å²) >= 11 is 0. The van der Waals surface area contributed by atoms with Crippen LogP contribution in [0.25, 0.3) is 0 Å². The van der Waals surface area contributed by atoms with Crippen LogP contribution in [0.2, 0.25) is 0 Å². The van der Waals surface area contributed by atoms with E-state index in [4.69, 9.17) is 4.42 Å². The molecule has 2 atom stereocenters. The molecule has 1 heterocycles. The number of rotatable bonds is 6. The zero-order valence-electron chi connectivity index (χ0n) is 10.9. The molecule has 1 N–H and O–H groups in total. The van der Waals surface area contributed by atoms with Crippen molar-refractivity contribution in [3.63, 3.8) is 0 Å². The van der Waals surface area contributed by atoms with Crippen LogP contribution in [0.3, 0.4) is 0 Å². The highest BCUT2D eigenvalue weighted by atomic mass is 16.4. The van der Waals surface area contributed by atoms with Crippen LogP contribution in [-0.2, 0) is 0 Å². The Balaban J connectivity index is 2.63. The van der Waals surface area contributed by atoms with Crippen LogP contribution in [0.5, 0.6) is 0 Å². The van der Waals surface area contributed by atoms with Crippen LogP contribution in [0, 0.1) is 5.92 Å². The molecule has 0 bridgehead atoms. The number of nitrogens with zero attached hydrogens (tertiary/aromatic N) is 2. The third-order valence-corrected chi connectivity index (χ3v) is 2.92. The topological polar surface area (TPSA) is 51.0 Å². The van der Waals surface area contributed by atoms with Gasteiger partial charge in [0, 0.05) is 5.92 Å². The van der Waals surface area contributed by atoms with E-state index in [1.54, 1.807) is 0 Å². The molecule has 0 aliphatic heterocycles. The summed E-state index contributed by atoms with van der Waals surface area (Å²) in [5, 5.41) is 11.5. The van der Waals surface area contributed by atoms with Crippen molar-refractivity contribution in [3.05, 3.63) is 11.8 Å². The average Bonchev–Trinajstić information content (AvgIpc) is 2.73. The van der Waals surface area contributed by atoms with E-state index in [0.717, 1.165) is 18.9 Å². The van der Waals surface area contributed by atoms with Gasteiger partial charge in [-0.05, 0) is 25.8 Å². The van der Waals surface area contributed by atoms with E-state index < -0.39 is 0 Å². The summed E-state index contributed by atoms with van der Waals surface area (Å²) in [6.45, 7) is 11.6. The first-order valence-electron chi connectivity index (χ1n) is 6.12. The maximum atomic E-state index is 5.68. The first-order chi connectivity index (χ1) is 7.56. The van der Waals surface area contributed by atoms with Gasteiger partial charge in [-0.25, -0.2) is 0 Å². The van der Waals surface area contributed by atoms with Crippen molar-refractivity contribution in [1.82, 2.24) is 15.5 Å². The Morgan fingerprint density at radius 1 is 1.12 bits per heavy atom. The van der Waals surface area contributed by atoms with Crippen molar-refractivity contribution in [2.75, 3.05) is 6.54 Å². The van der Waals surface area contributed by atoms with Gasteiger partial charge >= 0.3 is 0 Å². The fourth-order valence-electron chi connectivity index (χ4n) is 1.34. The van der Waals surface area contributed by atoms with E-state index in [-0.39, 0.29) is 6.04 Å². The maximum Gasteiger partial charge on any atom is 0.233 e. The van der Waals surface area contributed by atoms with Gasteiger partial charge in [0.25, 0.3) is 0 Å². The summed E-state index contributed by atoms with van der Waals surface area (Å²) in [7, 11) is 0. The molecule has 0 spiro atoms. The van der Waals surface area contributed by atoms with Crippen LogP contribution in [0.1, 0.15) is 64.8 Å². The van der Waals surface area contributed by atoms with Crippen molar-refractivity contribution >= 4 is 0 Å². The molecule has 1 aromatic rings. The summed E-state index contributed by atoms with van der Waals surface area (Å²) in [4.78, 5) is 0. The molecular formula is C12H23N3O. The molecule has 1 aromatic heterocycles. The summed E-state index contributed by atoms with van der Waals surface area (Å²) in [6.07, 6.45) is 1.10. The molecule has 4 nitrogen and oxygen atoms in total. The van der Waals surface area contributed by atoms with E-state index in [1.165, 1.54) is 0 Å². The van der Waals surface area contributed by atoms with Gasteiger partial charge in [-0.2, -0.15) is 0 Å². The van der Waals surface area contributed by atoms with E-state index in [1.807, 2.05) is 6.92 Å². The first kappa shape index (κ1) is 13.2. The minimum Gasteiger partial charge on any atom is -0.423 e. The van der Waals surface area contributed by atoms with Gasteiger partial charge in [-0.3, -0.25) is 0 Å². The van der Waals surface area contributed by atoms with Crippen LogP contribution < -0.4 is 5.32 Å². The zero-order valence-corrected chi connectivity index (χ0v) is 10.9. The smallest absolute Gasteiger partial charge is 0.233 e. The predicted octanol–water partition coefficient (Wildman–Crippen LogP) is 2.89. The van der Waals surface area contributed by atoms with Crippen LogP contribution >= 0.6 is 0 Å². The molecule has 0 aliphatic carbocycles. The second-order valence-electron chi connectivity index (χ2n) is 4.69. The number of hydrogen-bond acceptors (Lipinski definition) is 4. The Kier molecular flexibility index (Phi) is 4.93. The van der Waals surface area contributed by atoms with Gasteiger partial charge in [0.1, 0.15) is 0 Å². The molecule has 1 rings (SSSR count). The third-order valence-electron chi connectivity index (χ3n) is 2.92. The Labute approximate surface area is 97.8 Å². The second-order valence-corrected chi connectivity index (χ2v) is 4.69. The van der Waals surface area contributed by atoms with Crippen molar-refractivity contribution in [2.45, 2.75) is 53.0 Å². The third kappa shape index (κ3) is 3.30. The van der Waals surface area contributed by atoms with Crippen molar-refractivity contribution < 1.29 is 4.42 Å². The largest absolute Gasteiger partial charge is 0.423 e. The lowest BCUT2D eigenvalue weighted by atomic mass is 9.98. The maximum absolute atomic E-state index is 5.68. The quantitative estimate of drug-likeness (QED) is 0.808. The van der Waals surface area contributed by atoms with Gasteiger partial charge in [0.05, 0.1) is 6.04 Å². The fraction of sp³-hybridized carbons (Fsp3) is 0.833. The number of nitrogens with one attached hydrogen (secondary N) is 1. The molecule has 16 heavy (non-hydrogen) atoms. The summed E-state index contributed by atoms with van der Waals surface area (Å²) in [5.41, 5.74) is 0. The van der Waals surface area contributed by atoms with Crippen molar-refractivity contribution in [1.29, 1.82) is 0 Å². The highest BCUT2D eigenvalue weighted by Crippen LogP contribution is 2.23. The van der Waals surface area contributed by atoms with Crippen LogP contribution in [-0.4, -0.2) is 16.7 Å². The molecule has 2 unspecified atom stereocenters. The fourth-order valence-corrected chi connectivity index (χ4v) is 1.34. The molecule has 0 saturated carbocycles. The Morgan fingerprint density at radius 3 is 2.31 bits per heavy atom. The summed E-state index contributed by atoms with van der Waals surface area (Å²) in [6, 6.07) is 0.139. The van der Waals surface area contributed by atoms with E-state index >= 15 is 0 Å². The van der Waals surface area contributed by atoms with Gasteiger partial charge in [0.15, 0.2) is 0 Å². The lowest BCUT2D eigenvalue weighted by Gasteiger charge is -2.10. The van der Waals surface area contributed by atoms with Gasteiger partial charge < -0.3 is 9.73 Å². The standard InChI is InChI=1S/C12H23N3O/c1-6-7-13-10(5)12-15-14-11(16-12)9(4)8(2)3/h8-10,13H,6-7H2,1-5H3. The Hall–Kier alpha value is -0.900. The monoisotopic (exact) mass is 225 g/mol. The van der Waals surface area contributed by atoms with Gasteiger partial charge in [0.2, 0.25) is 11.8 Å². The molecule has 0 radical (unpaired) electrons. The molecule has 0 aliphatic rings. The lowest BCUT2D eigenvalue weighted by molar-refractivity contribution is 0.354. The van der Waals surface area contributed by atoms with Gasteiger partial charge in [-0.15, -0.1) is 10.2 Å². The van der Waals surface area contributed by atoms with Crippen LogP contribution in [0.15, 0.2) is 4.42 Å². The van der Waals surface area contributed by atoms with E-state index in [0.29, 0.717) is 17.7 Å². The molecule has 92 valence electrons. The van der Waals surface area contributed by atoms with E-state index in [2.05, 4.69) is 43.2 Å². The highest BCUT2D eigenvalue weighted by molar-refractivity contribution is 4.93. The Morgan fingerprint density at radius 2 is 1.75 bits per heavy atom. The SMILES string of the molecule is CCCNC(C)c1nnc(C(C)C(C)C)o1. The predicted molar refractivity (Wildman–Crippen MR) is 64.3 cm³/mol. The number of hydrogen-bond donors (Lipinski definition) is 1. The minimum absolute atomic E-state index is 0.139. The molecule has 0 amide bonds. The van der Waals surface area contributed by atoms with Crippen LogP contribution in [0.4, 0.5) is 0 Å². The zero-order chi connectivity index (χ0) is 12.1. The highest BCUT2D eigenvalue weighted by Gasteiger charge is 2.19. The minimum atomic E-state index is 0.139. The molecular weight excluding hydrogens is 202 g/mol. The lowest BCUT2D eigenvalue weighted by Crippen LogP contribution is -2.19. The summed E-state index contributed by atoms with van der Waals surface area (Å²) < 4.78 is 5.68. The average molecular weight is 225 g/mol.